The number of benzene rings is 3. The predicted molar refractivity (Wildman–Crippen MR) is 142 cm³/mol. The molecule has 0 amide bonds. The van der Waals surface area contributed by atoms with Crippen molar-refractivity contribution in [1.82, 2.24) is 19.5 Å². The Morgan fingerprint density at radius 2 is 1.74 bits per heavy atom. The summed E-state index contributed by atoms with van der Waals surface area (Å²) in [6.07, 6.45) is -3.99. The average molecular weight is 552 g/mol. The monoisotopic (exact) mass is 551 g/mol. The molecule has 0 saturated carbocycles. The molecule has 0 radical (unpaired) electrons. The minimum Gasteiger partial charge on any atom is -0.337 e. The number of aromatic nitrogens is 4. The van der Waals surface area contributed by atoms with Crippen LogP contribution in [0.4, 0.5) is 23.5 Å². The smallest absolute Gasteiger partial charge is 0.337 e. The minimum absolute atomic E-state index is 0.211. The molecule has 1 N–H and O–H groups in total. The number of nitrogens with one attached hydrogen (secondary N) is 1. The van der Waals surface area contributed by atoms with Gasteiger partial charge >= 0.3 is 6.18 Å². The Morgan fingerprint density at radius 1 is 0.974 bits per heavy atom. The van der Waals surface area contributed by atoms with E-state index in [4.69, 9.17) is 4.98 Å². The van der Waals surface area contributed by atoms with Gasteiger partial charge in [-0.15, -0.1) is 0 Å². The summed E-state index contributed by atoms with van der Waals surface area (Å²) in [5.41, 5.74) is 2.47. The van der Waals surface area contributed by atoms with Crippen LogP contribution in [0.2, 0.25) is 0 Å². The Morgan fingerprint density at radius 3 is 2.49 bits per heavy atom. The molecule has 1 aliphatic rings. The third-order valence-corrected chi connectivity index (χ3v) is 7.60. The highest BCUT2D eigenvalue weighted by atomic mass is 32.2. The number of imidazole rings is 1. The summed E-state index contributed by atoms with van der Waals surface area (Å²) < 4.78 is 54.4. The van der Waals surface area contributed by atoms with Gasteiger partial charge in [-0.1, -0.05) is 42.1 Å². The molecule has 198 valence electrons. The molecule has 0 bridgehead atoms. The summed E-state index contributed by atoms with van der Waals surface area (Å²) in [6.45, 7) is 0.700. The number of anilines is 1. The third kappa shape index (κ3) is 5.01. The van der Waals surface area contributed by atoms with Crippen molar-refractivity contribution in [3.63, 3.8) is 0 Å². The molecule has 0 unspecified atom stereocenters. The van der Waals surface area contributed by atoms with Crippen molar-refractivity contribution in [2.24, 2.45) is 0 Å². The van der Waals surface area contributed by atoms with Gasteiger partial charge in [0.25, 0.3) is 5.56 Å². The van der Waals surface area contributed by atoms with Crippen molar-refractivity contribution in [2.45, 2.75) is 30.1 Å². The second kappa shape index (κ2) is 9.88. The second-order valence-electron chi connectivity index (χ2n) is 9.17. The van der Waals surface area contributed by atoms with Crippen LogP contribution in [0.3, 0.4) is 0 Å². The Hall–Kier alpha value is -4.12. The molecule has 0 atom stereocenters. The molecule has 11 heteroatoms. The highest BCUT2D eigenvalue weighted by molar-refractivity contribution is 7.98. The maximum absolute atomic E-state index is 13.9. The summed E-state index contributed by atoms with van der Waals surface area (Å²) in [5, 5.41) is 0.533. The van der Waals surface area contributed by atoms with Crippen LogP contribution in [0.1, 0.15) is 22.4 Å². The first-order valence-corrected chi connectivity index (χ1v) is 13.1. The fraction of sp³-hybridized carbons (Fsp3) is 0.179. The molecule has 3 heterocycles. The van der Waals surface area contributed by atoms with Gasteiger partial charge in [0, 0.05) is 18.7 Å². The van der Waals surface area contributed by atoms with Crippen LogP contribution in [-0.4, -0.2) is 26.1 Å². The number of nitrogens with zero attached hydrogens (tertiary/aromatic N) is 4. The van der Waals surface area contributed by atoms with Crippen molar-refractivity contribution in [1.29, 1.82) is 0 Å². The molecular formula is C28H21F4N5OS. The normalized spacial score (nSPS) is 13.6. The average Bonchev–Trinajstić information content (AvgIpc) is 3.36. The lowest BCUT2D eigenvalue weighted by Gasteiger charge is -2.28. The molecular weight excluding hydrogens is 530 g/mol. The van der Waals surface area contributed by atoms with Gasteiger partial charge in [0.2, 0.25) is 5.95 Å². The lowest BCUT2D eigenvalue weighted by Crippen LogP contribution is -2.38. The van der Waals surface area contributed by atoms with Gasteiger partial charge in [-0.05, 0) is 48.0 Å². The van der Waals surface area contributed by atoms with E-state index < -0.39 is 11.7 Å². The van der Waals surface area contributed by atoms with E-state index >= 15 is 0 Å². The SMILES string of the molecule is O=c1c2c(nc(SCc3ccc(F)cc3)n1-c1ccccc1)CCN(c1nc3ccc(C(F)(F)F)cc3[nH]1)C2. The largest absolute Gasteiger partial charge is 0.416 e. The van der Waals surface area contributed by atoms with E-state index in [-0.39, 0.29) is 23.4 Å². The first-order valence-electron chi connectivity index (χ1n) is 12.2. The van der Waals surface area contributed by atoms with Crippen LogP contribution >= 0.6 is 11.8 Å². The van der Waals surface area contributed by atoms with Crippen molar-refractivity contribution < 1.29 is 17.6 Å². The number of alkyl halides is 3. The molecule has 3 aromatic carbocycles. The zero-order valence-electron chi connectivity index (χ0n) is 20.4. The Balaban J connectivity index is 1.35. The van der Waals surface area contributed by atoms with Gasteiger partial charge in [-0.2, -0.15) is 13.2 Å². The molecule has 2 aromatic heterocycles. The first-order chi connectivity index (χ1) is 18.8. The van der Waals surface area contributed by atoms with Gasteiger partial charge in [0.15, 0.2) is 5.16 Å². The maximum atomic E-state index is 13.9. The number of hydrogen-bond donors (Lipinski definition) is 1. The topological polar surface area (TPSA) is 66.8 Å². The number of thioether (sulfide) groups is 1. The lowest BCUT2D eigenvalue weighted by atomic mass is 10.1. The van der Waals surface area contributed by atoms with Crippen molar-refractivity contribution in [3.05, 3.63) is 111 Å². The fourth-order valence-electron chi connectivity index (χ4n) is 4.59. The number of H-pyrrole nitrogens is 1. The van der Waals surface area contributed by atoms with Gasteiger partial charge in [-0.3, -0.25) is 9.36 Å². The van der Waals surface area contributed by atoms with Crippen LogP contribution in [0.15, 0.2) is 82.7 Å². The van der Waals surface area contributed by atoms with Crippen molar-refractivity contribution in [3.8, 4) is 5.69 Å². The standard InChI is InChI=1S/C28H21F4N5OS/c29-19-9-6-17(7-10-19)16-39-27-35-22-12-13-36(15-21(22)25(38)37(27)20-4-2-1-3-5-20)26-33-23-11-8-18(28(30,31)32)14-24(23)34-26/h1-11,14H,12-13,15-16H2,(H,33,34). The number of aromatic amines is 1. The number of halogens is 4. The second-order valence-corrected chi connectivity index (χ2v) is 10.1. The Labute approximate surface area is 224 Å². The molecule has 1 aliphatic heterocycles. The zero-order valence-corrected chi connectivity index (χ0v) is 21.2. The predicted octanol–water partition coefficient (Wildman–Crippen LogP) is 6.12. The molecule has 0 aliphatic carbocycles. The first kappa shape index (κ1) is 25.2. The molecule has 0 spiro atoms. The lowest BCUT2D eigenvalue weighted by molar-refractivity contribution is -0.137. The van der Waals surface area contributed by atoms with E-state index in [1.165, 1.54) is 30.0 Å². The summed E-state index contributed by atoms with van der Waals surface area (Å²) in [6, 6.07) is 18.8. The molecule has 0 saturated heterocycles. The number of rotatable bonds is 5. The van der Waals surface area contributed by atoms with E-state index in [9.17, 15) is 22.4 Å². The molecule has 0 fully saturated rings. The summed E-state index contributed by atoms with van der Waals surface area (Å²) in [5.74, 6) is 0.589. The molecule has 5 aromatic rings. The third-order valence-electron chi connectivity index (χ3n) is 6.59. The van der Waals surface area contributed by atoms with Crippen molar-refractivity contribution in [2.75, 3.05) is 11.4 Å². The number of para-hydroxylation sites is 1. The van der Waals surface area contributed by atoms with Gasteiger partial charge in [0.1, 0.15) is 5.82 Å². The minimum atomic E-state index is -4.45. The fourth-order valence-corrected chi connectivity index (χ4v) is 5.57. The number of fused-ring (bicyclic) bond motifs is 2. The Bertz CT molecular complexity index is 1720. The molecule has 6 rings (SSSR count). The zero-order chi connectivity index (χ0) is 27.1. The quantitative estimate of drug-likeness (QED) is 0.162. The highest BCUT2D eigenvalue weighted by Gasteiger charge is 2.31. The molecule has 39 heavy (non-hydrogen) atoms. The highest BCUT2D eigenvalue weighted by Crippen LogP contribution is 2.32. The van der Waals surface area contributed by atoms with Gasteiger partial charge < -0.3 is 9.88 Å². The summed E-state index contributed by atoms with van der Waals surface area (Å²) in [7, 11) is 0. The van der Waals surface area contributed by atoms with Crippen molar-refractivity contribution >= 4 is 28.7 Å². The van der Waals surface area contributed by atoms with E-state index in [1.807, 2.05) is 35.2 Å². The maximum Gasteiger partial charge on any atom is 0.416 e. The van der Waals surface area contributed by atoms with E-state index in [2.05, 4.69) is 9.97 Å². The van der Waals surface area contributed by atoms with E-state index in [0.29, 0.717) is 52.3 Å². The number of hydrogen-bond acceptors (Lipinski definition) is 5. The van der Waals surface area contributed by atoms with Crippen LogP contribution in [-0.2, 0) is 24.9 Å². The van der Waals surface area contributed by atoms with Crippen LogP contribution < -0.4 is 10.5 Å². The summed E-state index contributed by atoms with van der Waals surface area (Å²) in [4.78, 5) is 28.0. The van der Waals surface area contributed by atoms with Gasteiger partial charge in [0.05, 0.1) is 40.1 Å². The summed E-state index contributed by atoms with van der Waals surface area (Å²) >= 11 is 1.40. The van der Waals surface area contributed by atoms with Crippen LogP contribution in [0.25, 0.3) is 16.7 Å². The molecule has 6 nitrogen and oxygen atoms in total. The Kier molecular flexibility index (Phi) is 6.38. The van der Waals surface area contributed by atoms with E-state index in [0.717, 1.165) is 17.7 Å². The van der Waals surface area contributed by atoms with Gasteiger partial charge in [-0.25, -0.2) is 14.4 Å². The van der Waals surface area contributed by atoms with Crippen LogP contribution in [0.5, 0.6) is 0 Å². The van der Waals surface area contributed by atoms with E-state index in [1.54, 1.807) is 16.7 Å². The van der Waals surface area contributed by atoms with Crippen LogP contribution in [0, 0.1) is 5.82 Å².